The molecule has 9 heteroatoms. The van der Waals surface area contributed by atoms with E-state index in [0.717, 1.165) is 5.56 Å². The summed E-state index contributed by atoms with van der Waals surface area (Å²) in [6, 6.07) is 14.1. The third-order valence-electron chi connectivity index (χ3n) is 5.02. The second-order valence-electron chi connectivity index (χ2n) is 9.19. The predicted molar refractivity (Wildman–Crippen MR) is 144 cm³/mol. The van der Waals surface area contributed by atoms with Crippen LogP contribution in [0.25, 0.3) is 0 Å². The van der Waals surface area contributed by atoms with Crippen molar-refractivity contribution in [1.29, 1.82) is 0 Å². The maximum absolute atomic E-state index is 13.2. The van der Waals surface area contributed by atoms with E-state index in [1.807, 2.05) is 42.2 Å². The zero-order valence-electron chi connectivity index (χ0n) is 20.6. The average Bonchev–Trinajstić information content (AvgIpc) is 3.21. The van der Waals surface area contributed by atoms with Crippen LogP contribution in [0.2, 0.25) is 5.02 Å². The summed E-state index contributed by atoms with van der Waals surface area (Å²) in [5.41, 5.74) is 0.798. The van der Waals surface area contributed by atoms with E-state index in [1.165, 1.54) is 18.6 Å². The van der Waals surface area contributed by atoms with Gasteiger partial charge in [-0.3, -0.25) is 8.75 Å². The number of methoxy groups -OCH3 is 1. The second kappa shape index (κ2) is 11.4. The maximum Gasteiger partial charge on any atom is 0.358 e. The number of hydrogen-bond donors (Lipinski definition) is 0. The number of ether oxygens (including phenoxy) is 3. The van der Waals surface area contributed by atoms with Crippen molar-refractivity contribution >= 4 is 46.5 Å². The van der Waals surface area contributed by atoms with Crippen LogP contribution in [-0.2, 0) is 10.3 Å². The normalized spacial score (nSPS) is 13.0. The number of benzene rings is 2. The quantitative estimate of drug-likeness (QED) is 0.327. The Hall–Kier alpha value is -2.68. The highest BCUT2D eigenvalue weighted by molar-refractivity contribution is 7.79. The number of amides is 1. The van der Waals surface area contributed by atoms with E-state index in [1.54, 1.807) is 30.3 Å². The summed E-state index contributed by atoms with van der Waals surface area (Å²) in [7, 11) is 1.50. The molecule has 1 atom stereocenters. The first-order valence-corrected chi connectivity index (χ1v) is 12.6. The van der Waals surface area contributed by atoms with Crippen LogP contribution in [0.4, 0.5) is 0 Å². The Bertz CT molecular complexity index is 1260. The Balaban J connectivity index is 2.04. The van der Waals surface area contributed by atoms with Gasteiger partial charge in [-0.2, -0.15) is 4.99 Å². The third-order valence-corrected chi connectivity index (χ3v) is 6.79. The maximum atomic E-state index is 13.2. The van der Waals surface area contributed by atoms with Crippen LogP contribution < -0.4 is 14.1 Å². The smallest absolute Gasteiger partial charge is 0.358 e. The molecule has 0 fully saturated rings. The van der Waals surface area contributed by atoms with Crippen LogP contribution in [0.1, 0.15) is 56.6 Å². The van der Waals surface area contributed by atoms with Gasteiger partial charge in [0, 0.05) is 34.5 Å². The molecule has 1 unspecified atom stereocenters. The highest BCUT2D eigenvalue weighted by atomic mass is 35.5. The van der Waals surface area contributed by atoms with Crippen molar-refractivity contribution in [3.05, 3.63) is 75.5 Å². The van der Waals surface area contributed by atoms with E-state index in [4.69, 9.17) is 38.0 Å². The lowest BCUT2D eigenvalue weighted by atomic mass is 10.0. The summed E-state index contributed by atoms with van der Waals surface area (Å²) in [5, 5.41) is 0.421. The van der Waals surface area contributed by atoms with E-state index in [9.17, 15) is 4.79 Å². The van der Waals surface area contributed by atoms with Gasteiger partial charge in [0.15, 0.2) is 0 Å². The molecule has 2 aromatic carbocycles. The van der Waals surface area contributed by atoms with Crippen molar-refractivity contribution < 1.29 is 19.0 Å². The molecule has 0 saturated carbocycles. The number of para-hydroxylation sites is 1. The zero-order chi connectivity index (χ0) is 25.8. The van der Waals surface area contributed by atoms with Gasteiger partial charge in [-0.05, 0) is 68.6 Å². The van der Waals surface area contributed by atoms with Crippen molar-refractivity contribution in [1.82, 2.24) is 3.96 Å². The van der Waals surface area contributed by atoms with Crippen LogP contribution in [0.3, 0.4) is 0 Å². The molecule has 3 aromatic rings. The van der Waals surface area contributed by atoms with Gasteiger partial charge in [0.25, 0.3) is 5.91 Å². The van der Waals surface area contributed by atoms with Crippen molar-refractivity contribution in [2.45, 2.75) is 46.3 Å². The number of carbonyl (C=O) groups excluding carboxylic acids is 1. The average molecular weight is 533 g/mol. The second-order valence-corrected chi connectivity index (χ2v) is 10.9. The Kier molecular flexibility index (Phi) is 8.74. The molecule has 1 amide bonds. The first-order valence-electron chi connectivity index (χ1n) is 11.1. The first kappa shape index (κ1) is 26.9. The van der Waals surface area contributed by atoms with Gasteiger partial charge in [0.05, 0.1) is 12.7 Å². The molecular formula is C26H29ClN2O4S2. The minimum atomic E-state index is -0.487. The fourth-order valence-electron chi connectivity index (χ4n) is 3.24. The lowest BCUT2D eigenvalue weighted by Crippen LogP contribution is -2.23. The van der Waals surface area contributed by atoms with Crippen LogP contribution in [-0.4, -0.2) is 22.2 Å². The number of thiocarbonyl (C=S) groups is 1. The molecule has 3 rings (SSSR count). The first-order chi connectivity index (χ1) is 16.5. The molecule has 0 N–H and O–H groups in total. The number of halogens is 1. The summed E-state index contributed by atoms with van der Waals surface area (Å²) in [6.45, 7) is 10.3. The zero-order valence-corrected chi connectivity index (χ0v) is 23.0. The van der Waals surface area contributed by atoms with Gasteiger partial charge >= 0.3 is 5.24 Å². The molecular weight excluding hydrogens is 504 g/mol. The predicted octanol–water partition coefficient (Wildman–Crippen LogP) is 6.79. The molecule has 0 aliphatic carbocycles. The molecule has 6 nitrogen and oxygen atoms in total. The van der Waals surface area contributed by atoms with Gasteiger partial charge in [0.1, 0.15) is 22.3 Å². The molecule has 0 saturated heterocycles. The molecule has 1 aromatic heterocycles. The van der Waals surface area contributed by atoms with E-state index in [-0.39, 0.29) is 22.3 Å². The molecule has 0 spiro atoms. The molecule has 0 bridgehead atoms. The lowest BCUT2D eigenvalue weighted by Gasteiger charge is -2.22. The van der Waals surface area contributed by atoms with Gasteiger partial charge in [-0.25, -0.2) is 0 Å². The fraction of sp³-hybridized carbons (Fsp3) is 0.346. The van der Waals surface area contributed by atoms with E-state index >= 15 is 0 Å². The number of hydrogen-bond acceptors (Lipinski definition) is 6. The highest BCUT2D eigenvalue weighted by Crippen LogP contribution is 2.29. The van der Waals surface area contributed by atoms with Gasteiger partial charge in [-0.1, -0.05) is 43.6 Å². The van der Waals surface area contributed by atoms with Crippen LogP contribution in [0, 0.1) is 5.92 Å². The van der Waals surface area contributed by atoms with Gasteiger partial charge in [-0.15, -0.1) is 0 Å². The van der Waals surface area contributed by atoms with Crippen molar-refractivity contribution in [2.75, 3.05) is 7.11 Å². The summed E-state index contributed by atoms with van der Waals surface area (Å²) in [5.74, 6) is 0.543. The Morgan fingerprint density at radius 1 is 1.14 bits per heavy atom. The van der Waals surface area contributed by atoms with Crippen LogP contribution in [0.15, 0.2) is 59.7 Å². The van der Waals surface area contributed by atoms with Crippen molar-refractivity contribution in [3.8, 4) is 11.5 Å². The third kappa shape index (κ3) is 6.93. The standard InChI is InChI=1S/C26H29ClN2O4S2/c1-16(2)22(33-25(34)32-18-10-8-7-9-11-18)20-15-29(26(3,4)5)35-24(20)28-23(30)19-14-17(27)12-13-21(19)31-6/h7-16,22H,1-6H3/b28-24-. The largest absolute Gasteiger partial charge is 0.496 e. The number of carbonyl (C=O) groups is 1. The summed E-state index contributed by atoms with van der Waals surface area (Å²) >= 11 is 12.9. The molecule has 0 aliphatic rings. The SMILES string of the molecule is COc1ccc(Cl)cc1C(=O)/N=c1\sn(C(C)(C)C)cc1C(OC(=S)Oc1ccccc1)C(C)C. The Morgan fingerprint density at radius 2 is 1.83 bits per heavy atom. The number of rotatable bonds is 6. The molecule has 0 aliphatic heterocycles. The monoisotopic (exact) mass is 532 g/mol. The Morgan fingerprint density at radius 3 is 2.43 bits per heavy atom. The fourth-order valence-corrected chi connectivity index (χ4v) is 4.63. The van der Waals surface area contributed by atoms with Crippen LogP contribution >= 0.6 is 35.4 Å². The molecule has 1 heterocycles. The van der Waals surface area contributed by atoms with E-state index in [2.05, 4.69) is 25.8 Å². The minimum absolute atomic E-state index is 0.00260. The number of nitrogens with zero attached hydrogens (tertiary/aromatic N) is 2. The van der Waals surface area contributed by atoms with Crippen LogP contribution in [0.5, 0.6) is 11.5 Å². The van der Waals surface area contributed by atoms with Gasteiger partial charge in [0.2, 0.25) is 0 Å². The van der Waals surface area contributed by atoms with Gasteiger partial charge < -0.3 is 14.2 Å². The minimum Gasteiger partial charge on any atom is -0.496 e. The molecule has 186 valence electrons. The highest BCUT2D eigenvalue weighted by Gasteiger charge is 2.27. The lowest BCUT2D eigenvalue weighted by molar-refractivity contribution is 0.0993. The summed E-state index contributed by atoms with van der Waals surface area (Å²) in [4.78, 5) is 17.7. The molecule has 35 heavy (non-hydrogen) atoms. The summed E-state index contributed by atoms with van der Waals surface area (Å²) < 4.78 is 19.7. The van der Waals surface area contributed by atoms with Crippen molar-refractivity contribution in [2.24, 2.45) is 10.9 Å². The topological polar surface area (TPSA) is 62.0 Å². The molecule has 0 radical (unpaired) electrons. The Labute approximate surface area is 220 Å². The van der Waals surface area contributed by atoms with E-state index < -0.39 is 12.0 Å². The number of aromatic nitrogens is 1. The summed E-state index contributed by atoms with van der Waals surface area (Å²) in [6.07, 6.45) is 1.47. The van der Waals surface area contributed by atoms with Crippen molar-refractivity contribution in [3.63, 3.8) is 0 Å². The van der Waals surface area contributed by atoms with E-state index in [0.29, 0.717) is 21.2 Å².